The van der Waals surface area contributed by atoms with Crippen LogP contribution in [0.5, 0.6) is 5.75 Å². The van der Waals surface area contributed by atoms with Crippen molar-refractivity contribution in [2.75, 3.05) is 5.75 Å². The monoisotopic (exact) mass is 372 g/mol. The zero-order chi connectivity index (χ0) is 19.4. The fourth-order valence-corrected chi connectivity index (χ4v) is 3.46. The third kappa shape index (κ3) is 7.66. The molecule has 1 rings (SSSR count). The predicted octanol–water partition coefficient (Wildman–Crippen LogP) is 2.51. The van der Waals surface area contributed by atoms with Crippen molar-refractivity contribution in [3.63, 3.8) is 0 Å². The Bertz CT molecular complexity index is 740. The smallest absolute Gasteiger partial charge is 0.311 e. The van der Waals surface area contributed by atoms with Gasteiger partial charge in [0.1, 0.15) is 17.1 Å². The first-order valence-corrected chi connectivity index (χ1v) is 9.35. The van der Waals surface area contributed by atoms with Crippen molar-refractivity contribution in [1.82, 2.24) is 0 Å². The molecule has 0 bridgehead atoms. The second-order valence-electron chi connectivity index (χ2n) is 6.66. The summed E-state index contributed by atoms with van der Waals surface area (Å²) in [6, 6.07) is 3.78. The van der Waals surface area contributed by atoms with Gasteiger partial charge in [-0.25, -0.2) is 0 Å². The van der Waals surface area contributed by atoms with Crippen LogP contribution in [-0.4, -0.2) is 36.3 Å². The number of rotatable bonds is 7. The van der Waals surface area contributed by atoms with Crippen molar-refractivity contribution >= 4 is 22.1 Å². The molecule has 0 aromatic heterocycles. The van der Waals surface area contributed by atoms with Gasteiger partial charge < -0.3 is 9.47 Å². The molecule has 0 aliphatic carbocycles. The molecule has 0 amide bonds. The molecule has 0 unspecified atom stereocenters. The molecule has 1 aromatic carbocycles. The van der Waals surface area contributed by atoms with E-state index in [1.54, 1.807) is 0 Å². The summed E-state index contributed by atoms with van der Waals surface area (Å²) in [5.41, 5.74) is 1.31. The Morgan fingerprint density at radius 2 is 1.52 bits per heavy atom. The summed E-state index contributed by atoms with van der Waals surface area (Å²) in [5.74, 6) is -1.59. The van der Waals surface area contributed by atoms with E-state index in [4.69, 9.17) is 14.0 Å². The Morgan fingerprint density at radius 1 is 1.04 bits per heavy atom. The van der Waals surface area contributed by atoms with E-state index in [2.05, 4.69) is 0 Å². The molecule has 25 heavy (non-hydrogen) atoms. The molecule has 0 aliphatic heterocycles. The molecule has 0 heterocycles. The van der Waals surface area contributed by atoms with E-state index in [1.165, 1.54) is 13.8 Å². The Hall–Kier alpha value is -1.93. The Labute approximate surface area is 148 Å². The number of benzene rings is 1. The van der Waals surface area contributed by atoms with Gasteiger partial charge in [-0.05, 0) is 45.7 Å². The van der Waals surface area contributed by atoms with Crippen LogP contribution in [0.4, 0.5) is 0 Å². The quantitative estimate of drug-likeness (QED) is 0.445. The lowest BCUT2D eigenvalue weighted by Crippen LogP contribution is -2.36. The second-order valence-corrected chi connectivity index (χ2v) is 8.11. The highest BCUT2D eigenvalue weighted by Crippen LogP contribution is 2.25. The van der Waals surface area contributed by atoms with E-state index >= 15 is 0 Å². The van der Waals surface area contributed by atoms with Crippen LogP contribution in [-0.2, 0) is 24.4 Å². The van der Waals surface area contributed by atoms with E-state index in [0.29, 0.717) is 5.75 Å². The molecule has 7 nitrogen and oxygen atoms in total. The number of carbonyl (C=O) groups excluding carboxylic acids is 2. The van der Waals surface area contributed by atoms with Crippen molar-refractivity contribution in [1.29, 1.82) is 0 Å². The van der Waals surface area contributed by atoms with Crippen molar-refractivity contribution in [2.24, 2.45) is 0 Å². The summed E-state index contributed by atoms with van der Waals surface area (Å²) in [7, 11) is -4.28. The van der Waals surface area contributed by atoms with Gasteiger partial charge in [-0.1, -0.05) is 17.7 Å². The fourth-order valence-electron chi connectivity index (χ4n) is 2.52. The van der Waals surface area contributed by atoms with Crippen LogP contribution in [0.15, 0.2) is 12.1 Å². The lowest BCUT2D eigenvalue weighted by molar-refractivity contribution is -0.156. The van der Waals surface area contributed by atoms with Crippen LogP contribution >= 0.6 is 0 Å². The number of aryl methyl sites for hydroxylation is 3. The van der Waals surface area contributed by atoms with E-state index in [1.807, 2.05) is 32.9 Å². The molecule has 8 heteroatoms. The topological polar surface area (TPSA) is 107 Å². The summed E-state index contributed by atoms with van der Waals surface area (Å²) in [6.45, 7) is 8.31. The third-order valence-corrected chi connectivity index (χ3v) is 4.33. The lowest BCUT2D eigenvalue weighted by atomic mass is 10.1. The fraction of sp³-hybridized carbons (Fsp3) is 0.529. The van der Waals surface area contributed by atoms with Gasteiger partial charge in [0.05, 0.1) is 12.8 Å². The molecular weight excluding hydrogens is 348 g/mol. The van der Waals surface area contributed by atoms with E-state index < -0.39 is 33.4 Å². The first-order chi connectivity index (χ1) is 11.3. The average Bonchev–Trinajstić information content (AvgIpc) is 2.37. The van der Waals surface area contributed by atoms with E-state index in [9.17, 15) is 18.0 Å². The van der Waals surface area contributed by atoms with Crippen LogP contribution < -0.4 is 4.74 Å². The highest BCUT2D eigenvalue weighted by Gasteiger charge is 2.29. The van der Waals surface area contributed by atoms with Crippen LogP contribution in [0.25, 0.3) is 0 Å². The first-order valence-electron chi connectivity index (χ1n) is 7.74. The molecule has 0 spiro atoms. The lowest BCUT2D eigenvalue weighted by Gasteiger charge is -2.23. The average molecular weight is 372 g/mol. The highest BCUT2D eigenvalue weighted by molar-refractivity contribution is 7.85. The zero-order valence-electron chi connectivity index (χ0n) is 15.1. The molecule has 0 aliphatic rings. The standard InChI is InChI=1S/C17H24O7S/c1-11-8-12(2)16(13(3)9-11)23-14(18)6-7-15(19)24-17(4,5)10-25(20,21)22/h8-9H,6-7,10H2,1-5H3,(H,20,21,22). The molecule has 0 atom stereocenters. The van der Waals surface area contributed by atoms with Crippen molar-refractivity contribution < 1.29 is 32.0 Å². The molecule has 0 fully saturated rings. The van der Waals surface area contributed by atoms with Gasteiger partial charge >= 0.3 is 11.9 Å². The van der Waals surface area contributed by atoms with Gasteiger partial charge in [0.15, 0.2) is 0 Å². The Morgan fingerprint density at radius 3 is 2.00 bits per heavy atom. The van der Waals surface area contributed by atoms with Gasteiger partial charge in [0.25, 0.3) is 10.1 Å². The molecule has 1 N–H and O–H groups in total. The zero-order valence-corrected chi connectivity index (χ0v) is 15.9. The maximum Gasteiger partial charge on any atom is 0.311 e. The van der Waals surface area contributed by atoms with Crippen molar-refractivity contribution in [3.05, 3.63) is 28.8 Å². The highest BCUT2D eigenvalue weighted by atomic mass is 32.2. The summed E-state index contributed by atoms with van der Waals surface area (Å²) in [6.07, 6.45) is -0.453. The second kappa shape index (κ2) is 7.97. The molecule has 140 valence electrons. The minimum Gasteiger partial charge on any atom is -0.458 e. The number of hydrogen-bond donors (Lipinski definition) is 1. The van der Waals surface area contributed by atoms with E-state index in [-0.39, 0.29) is 12.8 Å². The maximum atomic E-state index is 11.9. The van der Waals surface area contributed by atoms with Gasteiger partial charge in [0.2, 0.25) is 0 Å². The van der Waals surface area contributed by atoms with Crippen LogP contribution in [0.3, 0.4) is 0 Å². The Balaban J connectivity index is 2.58. The van der Waals surface area contributed by atoms with Crippen LogP contribution in [0.2, 0.25) is 0 Å². The van der Waals surface area contributed by atoms with Gasteiger partial charge in [-0.2, -0.15) is 8.42 Å². The molecule has 0 saturated carbocycles. The summed E-state index contributed by atoms with van der Waals surface area (Å²) in [5, 5.41) is 0. The number of ether oxygens (including phenoxy) is 2. The normalized spacial score (nSPS) is 11.9. The minimum atomic E-state index is -4.28. The maximum absolute atomic E-state index is 11.9. The number of hydrogen-bond acceptors (Lipinski definition) is 6. The van der Waals surface area contributed by atoms with Gasteiger partial charge in [-0.15, -0.1) is 0 Å². The predicted molar refractivity (Wildman–Crippen MR) is 92.1 cm³/mol. The van der Waals surface area contributed by atoms with Crippen LogP contribution in [0.1, 0.15) is 43.4 Å². The van der Waals surface area contributed by atoms with E-state index in [0.717, 1.165) is 16.7 Å². The summed E-state index contributed by atoms with van der Waals surface area (Å²) < 4.78 is 40.9. The SMILES string of the molecule is Cc1cc(C)c(OC(=O)CCC(=O)OC(C)(C)CS(=O)(=O)O)c(C)c1. The third-order valence-electron chi connectivity index (χ3n) is 3.27. The molecule has 0 saturated heterocycles. The number of esters is 2. The number of carbonyl (C=O) groups is 2. The Kier molecular flexibility index (Phi) is 6.73. The molecule has 1 aromatic rings. The van der Waals surface area contributed by atoms with Gasteiger partial charge in [0, 0.05) is 0 Å². The molecule has 0 radical (unpaired) electrons. The minimum absolute atomic E-state index is 0.201. The summed E-state index contributed by atoms with van der Waals surface area (Å²) >= 11 is 0. The van der Waals surface area contributed by atoms with Crippen molar-refractivity contribution in [2.45, 2.75) is 53.1 Å². The summed E-state index contributed by atoms with van der Waals surface area (Å²) in [4.78, 5) is 23.7. The largest absolute Gasteiger partial charge is 0.458 e. The van der Waals surface area contributed by atoms with Crippen molar-refractivity contribution in [3.8, 4) is 5.75 Å². The molecular formula is C17H24O7S. The van der Waals surface area contributed by atoms with Crippen LogP contribution in [0, 0.1) is 20.8 Å². The first kappa shape index (κ1) is 21.1. The van der Waals surface area contributed by atoms with Gasteiger partial charge in [-0.3, -0.25) is 14.1 Å².